The number of hydrogen-bond donors (Lipinski definition) is 0. The van der Waals surface area contributed by atoms with Gasteiger partial charge in [-0.05, 0) is 6.42 Å². The van der Waals surface area contributed by atoms with E-state index in [-0.39, 0.29) is 6.42 Å². The lowest BCUT2D eigenvalue weighted by atomic mass is 10.2. The van der Waals surface area contributed by atoms with Crippen LogP contribution in [0.1, 0.15) is 12.8 Å². The van der Waals surface area contributed by atoms with Crippen molar-refractivity contribution in [3.8, 4) is 6.07 Å². The molecule has 0 saturated carbocycles. The van der Waals surface area contributed by atoms with Gasteiger partial charge in [-0.15, -0.1) is 11.6 Å². The van der Waals surface area contributed by atoms with Gasteiger partial charge in [0, 0.05) is 17.2 Å². The Morgan fingerprint density at radius 3 is 2.70 bits per heavy atom. The molecule has 0 amide bonds. The average Bonchev–Trinajstić information content (AvgIpc) is 1.89. The van der Waals surface area contributed by atoms with Gasteiger partial charge in [-0.2, -0.15) is 5.26 Å². The summed E-state index contributed by atoms with van der Waals surface area (Å²) in [6.45, 7) is 0. The number of hydrogen-bond acceptors (Lipinski definition) is 3. The summed E-state index contributed by atoms with van der Waals surface area (Å²) >= 11 is 5.28. The summed E-state index contributed by atoms with van der Waals surface area (Å²) in [5.74, 6) is 0.367. The van der Waals surface area contributed by atoms with Crippen LogP contribution < -0.4 is 0 Å². The molecule has 10 heavy (non-hydrogen) atoms. The van der Waals surface area contributed by atoms with E-state index in [0.29, 0.717) is 12.3 Å². The van der Waals surface area contributed by atoms with Crippen molar-refractivity contribution in [3.63, 3.8) is 0 Å². The molecule has 0 saturated heterocycles. The van der Waals surface area contributed by atoms with E-state index in [2.05, 4.69) is 0 Å². The molecule has 1 atom stereocenters. The highest BCUT2D eigenvalue weighted by molar-refractivity contribution is 6.17. The molecular weight excluding hydrogens is 156 g/mol. The standard InChI is InChI=1S/C5H7ClN2O2/c6-3-1-2-5(4-7)8(9)10/h5H,1-3H2. The molecule has 0 bridgehead atoms. The molecule has 0 aromatic heterocycles. The highest BCUT2D eigenvalue weighted by atomic mass is 35.5. The maximum absolute atomic E-state index is 9.98. The second kappa shape index (κ2) is 5.00. The molecule has 5 heteroatoms. The first kappa shape index (κ1) is 9.18. The van der Waals surface area contributed by atoms with Gasteiger partial charge < -0.3 is 0 Å². The van der Waals surface area contributed by atoms with E-state index in [9.17, 15) is 10.1 Å². The number of rotatable bonds is 4. The second-order valence-corrected chi connectivity index (χ2v) is 2.14. The number of alkyl halides is 1. The van der Waals surface area contributed by atoms with Gasteiger partial charge in [0.05, 0.1) is 0 Å². The van der Waals surface area contributed by atoms with Crippen LogP contribution in [-0.4, -0.2) is 16.8 Å². The molecule has 0 radical (unpaired) electrons. The van der Waals surface area contributed by atoms with Crippen molar-refractivity contribution < 1.29 is 4.92 Å². The van der Waals surface area contributed by atoms with Crippen molar-refractivity contribution in [1.82, 2.24) is 0 Å². The molecule has 0 aliphatic rings. The molecule has 1 unspecified atom stereocenters. The van der Waals surface area contributed by atoms with E-state index in [4.69, 9.17) is 16.9 Å². The molecule has 0 aliphatic carbocycles. The van der Waals surface area contributed by atoms with E-state index in [1.807, 2.05) is 0 Å². The monoisotopic (exact) mass is 162 g/mol. The molecule has 0 spiro atoms. The number of nitrogens with zero attached hydrogens (tertiary/aromatic N) is 2. The molecule has 56 valence electrons. The van der Waals surface area contributed by atoms with Crippen molar-refractivity contribution in [3.05, 3.63) is 10.1 Å². The Kier molecular flexibility index (Phi) is 4.59. The SMILES string of the molecule is N#CC(CCCCl)[N+](=O)[O-]. The highest BCUT2D eigenvalue weighted by Gasteiger charge is 2.16. The Bertz CT molecular complexity index is 154. The van der Waals surface area contributed by atoms with Gasteiger partial charge in [0.2, 0.25) is 0 Å². The first-order valence-electron chi connectivity index (χ1n) is 2.81. The predicted octanol–water partition coefficient (Wildman–Crippen LogP) is 1.17. The van der Waals surface area contributed by atoms with Gasteiger partial charge >= 0.3 is 0 Å². The van der Waals surface area contributed by atoms with Gasteiger partial charge in [0.1, 0.15) is 6.07 Å². The van der Waals surface area contributed by atoms with Crippen molar-refractivity contribution in [2.75, 3.05) is 5.88 Å². The van der Waals surface area contributed by atoms with Crippen LogP contribution in [-0.2, 0) is 0 Å². The van der Waals surface area contributed by atoms with Crippen LogP contribution in [0, 0.1) is 21.4 Å². The molecule has 0 aliphatic heterocycles. The lowest BCUT2D eigenvalue weighted by Gasteiger charge is -1.96. The molecule has 4 nitrogen and oxygen atoms in total. The summed E-state index contributed by atoms with van der Waals surface area (Å²) < 4.78 is 0. The number of nitriles is 1. The van der Waals surface area contributed by atoms with Gasteiger partial charge in [-0.25, -0.2) is 0 Å². The maximum Gasteiger partial charge on any atom is 0.296 e. The fraction of sp³-hybridized carbons (Fsp3) is 0.800. The van der Waals surface area contributed by atoms with Crippen molar-refractivity contribution in [2.45, 2.75) is 18.9 Å². The zero-order valence-corrected chi connectivity index (χ0v) is 6.04. The van der Waals surface area contributed by atoms with E-state index in [1.54, 1.807) is 6.07 Å². The summed E-state index contributed by atoms with van der Waals surface area (Å²) in [5.41, 5.74) is 0. The first-order chi connectivity index (χ1) is 4.72. The minimum absolute atomic E-state index is 0.243. The largest absolute Gasteiger partial charge is 0.296 e. The molecule has 0 fully saturated rings. The summed E-state index contributed by atoms with van der Waals surface area (Å²) in [7, 11) is 0. The average molecular weight is 163 g/mol. The summed E-state index contributed by atoms with van der Waals surface area (Å²) in [6, 6.07) is 0.494. The third-order valence-corrected chi connectivity index (χ3v) is 1.28. The predicted molar refractivity (Wildman–Crippen MR) is 36.3 cm³/mol. The lowest BCUT2D eigenvalue weighted by molar-refractivity contribution is -0.507. The Balaban J connectivity index is 3.64. The fourth-order valence-corrected chi connectivity index (χ4v) is 0.642. The zero-order chi connectivity index (χ0) is 7.98. The molecule has 0 aromatic rings. The number of nitro groups is 1. The second-order valence-electron chi connectivity index (χ2n) is 1.76. The summed E-state index contributed by atoms with van der Waals surface area (Å²) in [6.07, 6.45) is 0.758. The van der Waals surface area contributed by atoms with Crippen LogP contribution in [0.2, 0.25) is 0 Å². The smallest absolute Gasteiger partial charge is 0.263 e. The van der Waals surface area contributed by atoms with E-state index >= 15 is 0 Å². The number of halogens is 1. The lowest BCUT2D eigenvalue weighted by Crippen LogP contribution is -2.16. The van der Waals surface area contributed by atoms with Crippen LogP contribution in [0.15, 0.2) is 0 Å². The van der Waals surface area contributed by atoms with Crippen molar-refractivity contribution >= 4 is 11.6 Å². The quantitative estimate of drug-likeness (QED) is 0.354. The van der Waals surface area contributed by atoms with Crippen LogP contribution in [0.25, 0.3) is 0 Å². The van der Waals surface area contributed by atoms with Crippen LogP contribution >= 0.6 is 11.6 Å². The van der Waals surface area contributed by atoms with Gasteiger partial charge in [0.25, 0.3) is 6.04 Å². The molecule has 0 heterocycles. The minimum atomic E-state index is -1.08. The third kappa shape index (κ3) is 3.25. The Labute approximate surface area is 63.5 Å². The Morgan fingerprint density at radius 1 is 1.80 bits per heavy atom. The van der Waals surface area contributed by atoms with Crippen molar-refractivity contribution in [2.24, 2.45) is 0 Å². The van der Waals surface area contributed by atoms with Gasteiger partial charge in [-0.1, -0.05) is 0 Å². The fourth-order valence-electron chi connectivity index (χ4n) is 0.488. The van der Waals surface area contributed by atoms with E-state index < -0.39 is 11.0 Å². The Hall–Kier alpha value is -0.820. The normalized spacial score (nSPS) is 12.0. The Morgan fingerprint density at radius 2 is 2.40 bits per heavy atom. The third-order valence-electron chi connectivity index (χ3n) is 1.01. The van der Waals surface area contributed by atoms with Crippen LogP contribution in [0.4, 0.5) is 0 Å². The molecule has 0 rings (SSSR count). The van der Waals surface area contributed by atoms with Gasteiger partial charge in [0.15, 0.2) is 0 Å². The van der Waals surface area contributed by atoms with Gasteiger partial charge in [-0.3, -0.25) is 10.1 Å². The summed E-state index contributed by atoms with van der Waals surface area (Å²) in [4.78, 5) is 9.39. The van der Waals surface area contributed by atoms with Crippen molar-refractivity contribution in [1.29, 1.82) is 5.26 Å². The maximum atomic E-state index is 9.98. The highest BCUT2D eigenvalue weighted by Crippen LogP contribution is 2.00. The molecule has 0 N–H and O–H groups in total. The van der Waals surface area contributed by atoms with Crippen LogP contribution in [0.3, 0.4) is 0 Å². The molecular formula is C5H7ClN2O2. The first-order valence-corrected chi connectivity index (χ1v) is 3.35. The topological polar surface area (TPSA) is 66.9 Å². The zero-order valence-electron chi connectivity index (χ0n) is 5.29. The van der Waals surface area contributed by atoms with E-state index in [1.165, 1.54) is 0 Å². The molecule has 0 aromatic carbocycles. The van der Waals surface area contributed by atoms with E-state index in [0.717, 1.165) is 0 Å². The minimum Gasteiger partial charge on any atom is -0.263 e. The van der Waals surface area contributed by atoms with Crippen LogP contribution in [0.5, 0.6) is 0 Å². The summed E-state index contributed by atoms with van der Waals surface area (Å²) in [5, 5.41) is 18.2.